The first kappa shape index (κ1) is 17.6. The maximum Gasteiger partial charge on any atom is 0.244 e. The molecule has 5 nitrogen and oxygen atoms in total. The van der Waals surface area contributed by atoms with Gasteiger partial charge in [-0.15, -0.1) is 0 Å². The van der Waals surface area contributed by atoms with Gasteiger partial charge in [0.1, 0.15) is 16.4 Å². The third-order valence-corrected chi connectivity index (χ3v) is 5.05. The Hall–Kier alpha value is -1.76. The Morgan fingerprint density at radius 2 is 1.70 bits per heavy atom. The summed E-state index contributed by atoms with van der Waals surface area (Å²) in [6.45, 7) is 0.278. The number of hydrogen-bond acceptors (Lipinski definition) is 4. The minimum absolute atomic E-state index is 0.00527. The van der Waals surface area contributed by atoms with E-state index in [4.69, 9.17) is 21.1 Å². The van der Waals surface area contributed by atoms with Crippen LogP contribution in [0.15, 0.2) is 47.4 Å². The molecule has 0 atom stereocenters. The fourth-order valence-corrected chi connectivity index (χ4v) is 3.52. The number of methoxy groups -OCH3 is 2. The molecular weight excluding hydrogens is 338 g/mol. The minimum Gasteiger partial charge on any atom is -0.495 e. The van der Waals surface area contributed by atoms with Crippen LogP contribution >= 0.6 is 11.6 Å². The molecule has 1 N–H and O–H groups in total. The van der Waals surface area contributed by atoms with E-state index in [2.05, 4.69) is 4.72 Å². The van der Waals surface area contributed by atoms with Gasteiger partial charge in [-0.25, -0.2) is 13.1 Å². The zero-order chi connectivity index (χ0) is 16.9. The second kappa shape index (κ2) is 7.68. The predicted octanol–water partition coefficient (Wildman–Crippen LogP) is 2.88. The molecule has 0 saturated heterocycles. The number of ether oxygens (including phenoxy) is 2. The van der Waals surface area contributed by atoms with Crippen LogP contribution in [0.4, 0.5) is 0 Å². The fourth-order valence-electron chi connectivity index (χ4n) is 2.09. The highest BCUT2D eigenvalue weighted by Crippen LogP contribution is 2.34. The quantitative estimate of drug-likeness (QED) is 0.829. The normalized spacial score (nSPS) is 11.3. The average Bonchev–Trinajstić information content (AvgIpc) is 2.55. The molecule has 0 saturated carbocycles. The summed E-state index contributed by atoms with van der Waals surface area (Å²) in [6, 6.07) is 12.4. The summed E-state index contributed by atoms with van der Waals surface area (Å²) in [4.78, 5) is -0.00527. The molecule has 0 aromatic heterocycles. The van der Waals surface area contributed by atoms with Gasteiger partial charge in [0.2, 0.25) is 10.0 Å². The molecule has 0 amide bonds. The van der Waals surface area contributed by atoms with Crippen LogP contribution in [0.5, 0.6) is 11.5 Å². The Labute approximate surface area is 141 Å². The lowest BCUT2D eigenvalue weighted by Crippen LogP contribution is -2.26. The lowest BCUT2D eigenvalue weighted by molar-refractivity contribution is 0.392. The van der Waals surface area contributed by atoms with Gasteiger partial charge in [0.05, 0.1) is 19.2 Å². The summed E-state index contributed by atoms with van der Waals surface area (Å²) >= 11 is 5.99. The number of sulfonamides is 1. The van der Waals surface area contributed by atoms with Gasteiger partial charge < -0.3 is 9.47 Å². The van der Waals surface area contributed by atoms with Crippen molar-refractivity contribution >= 4 is 21.6 Å². The van der Waals surface area contributed by atoms with Gasteiger partial charge in [-0.2, -0.15) is 0 Å². The number of hydrogen-bond donors (Lipinski definition) is 1. The highest BCUT2D eigenvalue weighted by molar-refractivity contribution is 7.89. The summed E-state index contributed by atoms with van der Waals surface area (Å²) in [5.74, 6) is 0.443. The van der Waals surface area contributed by atoms with E-state index in [1.807, 2.05) is 30.3 Å². The van der Waals surface area contributed by atoms with Crippen LogP contribution in [0, 0.1) is 0 Å². The second-order valence-electron chi connectivity index (χ2n) is 4.77. The SMILES string of the molecule is COc1cc(S(=O)(=O)NCCc2ccccc2)c(OC)cc1Cl. The summed E-state index contributed by atoms with van der Waals surface area (Å²) in [6.07, 6.45) is 0.590. The number of rotatable bonds is 7. The zero-order valence-corrected chi connectivity index (χ0v) is 14.4. The molecule has 0 spiro atoms. The first-order chi connectivity index (χ1) is 11.0. The van der Waals surface area contributed by atoms with E-state index >= 15 is 0 Å². The van der Waals surface area contributed by atoms with Crippen LogP contribution in [0.1, 0.15) is 5.56 Å². The maximum absolute atomic E-state index is 12.5. The van der Waals surface area contributed by atoms with Crippen molar-refractivity contribution < 1.29 is 17.9 Å². The van der Waals surface area contributed by atoms with Crippen LogP contribution in [-0.4, -0.2) is 29.2 Å². The topological polar surface area (TPSA) is 64.6 Å². The summed E-state index contributed by atoms with van der Waals surface area (Å²) < 4.78 is 37.7. The second-order valence-corrected chi connectivity index (χ2v) is 6.91. The zero-order valence-electron chi connectivity index (χ0n) is 12.9. The molecular formula is C16H18ClNO4S. The third kappa shape index (κ3) is 4.37. The molecule has 2 aromatic rings. The maximum atomic E-state index is 12.5. The van der Waals surface area contributed by atoms with Crippen molar-refractivity contribution in [3.8, 4) is 11.5 Å². The van der Waals surface area contributed by atoms with Gasteiger partial charge in [-0.3, -0.25) is 0 Å². The molecule has 2 aromatic carbocycles. The van der Waals surface area contributed by atoms with Crippen molar-refractivity contribution in [2.24, 2.45) is 0 Å². The summed E-state index contributed by atoms with van der Waals surface area (Å²) in [7, 11) is -0.923. The number of halogens is 1. The van der Waals surface area contributed by atoms with E-state index in [-0.39, 0.29) is 28.0 Å². The van der Waals surface area contributed by atoms with Crippen LogP contribution in [0.25, 0.3) is 0 Å². The van der Waals surface area contributed by atoms with E-state index in [1.54, 1.807) is 0 Å². The number of benzene rings is 2. The summed E-state index contributed by atoms with van der Waals surface area (Å²) in [5, 5.41) is 0.285. The molecule has 0 heterocycles. The van der Waals surface area contributed by atoms with Crippen LogP contribution < -0.4 is 14.2 Å². The van der Waals surface area contributed by atoms with E-state index in [1.165, 1.54) is 26.4 Å². The molecule has 0 unspecified atom stereocenters. The number of nitrogens with one attached hydrogen (secondary N) is 1. The predicted molar refractivity (Wildman–Crippen MR) is 89.9 cm³/mol. The Balaban J connectivity index is 2.18. The van der Waals surface area contributed by atoms with Crippen LogP contribution in [0.2, 0.25) is 5.02 Å². The van der Waals surface area contributed by atoms with Gasteiger partial charge >= 0.3 is 0 Å². The minimum atomic E-state index is -3.74. The first-order valence-corrected chi connectivity index (χ1v) is 8.79. The van der Waals surface area contributed by atoms with E-state index in [0.29, 0.717) is 6.42 Å². The lowest BCUT2D eigenvalue weighted by Gasteiger charge is -2.13. The van der Waals surface area contributed by atoms with Gasteiger partial charge in [0.15, 0.2) is 0 Å². The third-order valence-electron chi connectivity index (χ3n) is 3.28. The van der Waals surface area contributed by atoms with E-state index in [0.717, 1.165) is 5.56 Å². The van der Waals surface area contributed by atoms with Crippen LogP contribution in [0.3, 0.4) is 0 Å². The Kier molecular flexibility index (Phi) is 5.87. The van der Waals surface area contributed by atoms with Gasteiger partial charge in [0.25, 0.3) is 0 Å². The molecule has 7 heteroatoms. The largest absolute Gasteiger partial charge is 0.495 e. The standard InChI is InChI=1S/C16H18ClNO4S/c1-21-14-11-16(15(22-2)10-13(14)17)23(19,20)18-9-8-12-6-4-3-5-7-12/h3-7,10-11,18H,8-9H2,1-2H3. The molecule has 0 aliphatic rings. The summed E-state index contributed by atoms with van der Waals surface area (Å²) in [5.41, 5.74) is 1.05. The van der Waals surface area contributed by atoms with Crippen LogP contribution in [-0.2, 0) is 16.4 Å². The highest BCUT2D eigenvalue weighted by Gasteiger charge is 2.22. The molecule has 0 bridgehead atoms. The molecule has 0 radical (unpaired) electrons. The first-order valence-electron chi connectivity index (χ1n) is 6.93. The van der Waals surface area contributed by atoms with Gasteiger partial charge in [-0.05, 0) is 12.0 Å². The molecule has 0 aliphatic carbocycles. The van der Waals surface area contributed by atoms with Gasteiger partial charge in [-0.1, -0.05) is 41.9 Å². The molecule has 2 rings (SSSR count). The molecule has 23 heavy (non-hydrogen) atoms. The van der Waals surface area contributed by atoms with Crippen molar-refractivity contribution in [1.82, 2.24) is 4.72 Å². The Bertz CT molecular complexity index is 763. The van der Waals surface area contributed by atoms with E-state index in [9.17, 15) is 8.42 Å². The van der Waals surface area contributed by atoms with Crippen molar-refractivity contribution in [1.29, 1.82) is 0 Å². The molecule has 0 fully saturated rings. The Morgan fingerprint density at radius 1 is 1.04 bits per heavy atom. The van der Waals surface area contributed by atoms with Crippen molar-refractivity contribution in [2.75, 3.05) is 20.8 Å². The molecule has 124 valence electrons. The van der Waals surface area contributed by atoms with E-state index < -0.39 is 10.0 Å². The monoisotopic (exact) mass is 355 g/mol. The molecule has 0 aliphatic heterocycles. The lowest BCUT2D eigenvalue weighted by atomic mass is 10.2. The fraction of sp³-hybridized carbons (Fsp3) is 0.250. The van der Waals surface area contributed by atoms with Crippen molar-refractivity contribution in [3.63, 3.8) is 0 Å². The van der Waals surface area contributed by atoms with Gasteiger partial charge in [0, 0.05) is 18.7 Å². The van der Waals surface area contributed by atoms with Crippen molar-refractivity contribution in [2.45, 2.75) is 11.3 Å². The average molecular weight is 356 g/mol. The highest BCUT2D eigenvalue weighted by atomic mass is 35.5. The van der Waals surface area contributed by atoms with Crippen molar-refractivity contribution in [3.05, 3.63) is 53.1 Å². The Morgan fingerprint density at radius 3 is 2.30 bits per heavy atom. The smallest absolute Gasteiger partial charge is 0.244 e.